The molecule has 112 valence electrons. The molecule has 23 heavy (non-hydrogen) atoms. The van der Waals surface area contributed by atoms with Crippen LogP contribution in [0.5, 0.6) is 0 Å². The van der Waals surface area contributed by atoms with Crippen molar-refractivity contribution >= 4 is 32.3 Å². The van der Waals surface area contributed by atoms with Crippen LogP contribution in [0.1, 0.15) is 23.3 Å². The van der Waals surface area contributed by atoms with Gasteiger partial charge in [-0.25, -0.2) is 0 Å². The molecule has 3 heteroatoms. The molecule has 0 radical (unpaired) electrons. The summed E-state index contributed by atoms with van der Waals surface area (Å²) >= 11 is 0. The quantitative estimate of drug-likeness (QED) is 0.386. The highest BCUT2D eigenvalue weighted by Crippen LogP contribution is 2.54. The summed E-state index contributed by atoms with van der Waals surface area (Å²) in [4.78, 5) is 0. The van der Waals surface area contributed by atoms with E-state index in [9.17, 15) is 10.2 Å². The van der Waals surface area contributed by atoms with Gasteiger partial charge in [-0.05, 0) is 49.5 Å². The van der Waals surface area contributed by atoms with Crippen molar-refractivity contribution in [3.8, 4) is 0 Å². The molecule has 1 aliphatic carbocycles. The molecule has 1 aliphatic heterocycles. The molecule has 1 heterocycles. The molecule has 4 aromatic rings. The minimum Gasteiger partial charge on any atom is -0.387 e. The van der Waals surface area contributed by atoms with Crippen LogP contribution < -0.4 is 0 Å². The summed E-state index contributed by atoms with van der Waals surface area (Å²) in [6.07, 6.45) is -2.07. The van der Waals surface area contributed by atoms with Crippen LogP contribution in [-0.2, 0) is 4.74 Å². The lowest BCUT2D eigenvalue weighted by molar-refractivity contribution is 0.000163. The Morgan fingerprint density at radius 1 is 0.826 bits per heavy atom. The van der Waals surface area contributed by atoms with Gasteiger partial charge in [0.2, 0.25) is 0 Å². The lowest BCUT2D eigenvalue weighted by Gasteiger charge is -2.25. The van der Waals surface area contributed by atoms with E-state index >= 15 is 0 Å². The maximum Gasteiger partial charge on any atom is 0.118 e. The molecule has 0 saturated carbocycles. The summed E-state index contributed by atoms with van der Waals surface area (Å²) in [5.41, 5.74) is 1.86. The third-order valence-electron chi connectivity index (χ3n) is 5.51. The average molecular weight is 302 g/mol. The monoisotopic (exact) mass is 302 g/mol. The van der Waals surface area contributed by atoms with E-state index in [-0.39, 0.29) is 12.2 Å². The van der Waals surface area contributed by atoms with Crippen LogP contribution in [-0.4, -0.2) is 22.4 Å². The van der Waals surface area contributed by atoms with Gasteiger partial charge in [-0.3, -0.25) is 0 Å². The van der Waals surface area contributed by atoms with Crippen LogP contribution in [0.2, 0.25) is 0 Å². The van der Waals surface area contributed by atoms with E-state index in [1.807, 2.05) is 6.07 Å². The molecule has 4 atom stereocenters. The molecular formula is C20H14O3. The molecule has 2 N–H and O–H groups in total. The first-order chi connectivity index (χ1) is 11.2. The Balaban J connectivity index is 1.86. The highest BCUT2D eigenvalue weighted by Gasteiger charge is 2.54. The zero-order valence-corrected chi connectivity index (χ0v) is 12.2. The Labute approximate surface area is 132 Å². The fourth-order valence-electron chi connectivity index (χ4n) is 4.40. The van der Waals surface area contributed by atoms with Crippen LogP contribution in [0.3, 0.4) is 0 Å². The molecule has 2 aliphatic rings. The van der Waals surface area contributed by atoms with Crippen molar-refractivity contribution in [3.63, 3.8) is 0 Å². The fraction of sp³-hybridized carbons (Fsp3) is 0.200. The van der Waals surface area contributed by atoms with Crippen LogP contribution in [0.15, 0.2) is 48.5 Å². The van der Waals surface area contributed by atoms with E-state index in [4.69, 9.17) is 4.74 Å². The molecule has 1 saturated heterocycles. The summed E-state index contributed by atoms with van der Waals surface area (Å²) in [5.74, 6) is 0. The largest absolute Gasteiger partial charge is 0.387 e. The Bertz CT molecular complexity index is 1080. The topological polar surface area (TPSA) is 53.0 Å². The van der Waals surface area contributed by atoms with Crippen molar-refractivity contribution < 1.29 is 14.9 Å². The second-order valence-corrected chi connectivity index (χ2v) is 6.69. The van der Waals surface area contributed by atoms with E-state index in [1.54, 1.807) is 0 Å². The van der Waals surface area contributed by atoms with Gasteiger partial charge in [-0.2, -0.15) is 0 Å². The number of aliphatic hydroxyl groups excluding tert-OH is 2. The first-order valence-electron chi connectivity index (χ1n) is 7.96. The first kappa shape index (κ1) is 12.3. The van der Waals surface area contributed by atoms with Gasteiger partial charge in [0.25, 0.3) is 0 Å². The van der Waals surface area contributed by atoms with Crippen molar-refractivity contribution in [1.29, 1.82) is 0 Å². The number of rotatable bonds is 0. The SMILES string of the molecule is OC1c2cc3ccc4cccc5ccc(c2C2O[C@@H]2[C@@H]1O)c3c45. The van der Waals surface area contributed by atoms with Gasteiger partial charge in [0.15, 0.2) is 0 Å². The number of hydrogen-bond donors (Lipinski definition) is 2. The summed E-state index contributed by atoms with van der Waals surface area (Å²) in [6, 6.07) is 16.9. The molecule has 0 aromatic heterocycles. The predicted molar refractivity (Wildman–Crippen MR) is 88.7 cm³/mol. The Hall–Kier alpha value is -2.20. The van der Waals surface area contributed by atoms with Gasteiger partial charge in [-0.15, -0.1) is 0 Å². The molecule has 1 fully saturated rings. The van der Waals surface area contributed by atoms with Gasteiger partial charge < -0.3 is 14.9 Å². The highest BCUT2D eigenvalue weighted by atomic mass is 16.6. The third kappa shape index (κ3) is 1.36. The first-order valence-corrected chi connectivity index (χ1v) is 7.96. The Kier molecular flexibility index (Phi) is 2.03. The molecule has 0 bridgehead atoms. The lowest BCUT2D eigenvalue weighted by atomic mass is 9.81. The normalized spacial score (nSPS) is 29.1. The number of fused-ring (bicyclic) bond motifs is 4. The second-order valence-electron chi connectivity index (χ2n) is 6.69. The zero-order chi connectivity index (χ0) is 15.3. The second kappa shape index (κ2) is 3.82. The average Bonchev–Trinajstić information content (AvgIpc) is 3.37. The summed E-state index contributed by atoms with van der Waals surface area (Å²) in [6.45, 7) is 0. The van der Waals surface area contributed by atoms with Gasteiger partial charge in [-0.1, -0.05) is 42.5 Å². The van der Waals surface area contributed by atoms with Crippen molar-refractivity contribution in [2.45, 2.75) is 24.4 Å². The molecule has 0 amide bonds. The van der Waals surface area contributed by atoms with E-state index in [0.717, 1.165) is 21.9 Å². The lowest BCUT2D eigenvalue weighted by Crippen LogP contribution is -2.29. The van der Waals surface area contributed by atoms with Crippen molar-refractivity contribution in [1.82, 2.24) is 0 Å². The molecule has 2 unspecified atom stereocenters. The standard InChI is InChI=1S/C20H14O3/c21-17-13-8-11-5-4-9-2-1-3-10-6-7-12(15(11)14(9)10)16(13)19-20(23-19)18(17)22/h1-8,17-22H/t17?,18-,19?,20-/m1/s1. The van der Waals surface area contributed by atoms with Crippen LogP contribution in [0, 0.1) is 0 Å². The molecule has 6 rings (SSSR count). The minimum atomic E-state index is -0.879. The van der Waals surface area contributed by atoms with E-state index in [0.29, 0.717) is 0 Å². The number of ether oxygens (including phenoxy) is 1. The molecule has 0 spiro atoms. The number of epoxide rings is 1. The fourth-order valence-corrected chi connectivity index (χ4v) is 4.40. The maximum atomic E-state index is 10.5. The third-order valence-corrected chi connectivity index (χ3v) is 5.51. The summed E-state index contributed by atoms with van der Waals surface area (Å²) in [7, 11) is 0. The van der Waals surface area contributed by atoms with Gasteiger partial charge in [0.05, 0.1) is 0 Å². The smallest absolute Gasteiger partial charge is 0.118 e. The molecule has 3 nitrogen and oxygen atoms in total. The van der Waals surface area contributed by atoms with Crippen molar-refractivity contribution in [2.75, 3.05) is 0 Å². The number of benzene rings is 4. The van der Waals surface area contributed by atoms with Crippen LogP contribution in [0.4, 0.5) is 0 Å². The summed E-state index contributed by atoms with van der Waals surface area (Å²) < 4.78 is 5.67. The van der Waals surface area contributed by atoms with Gasteiger partial charge in [0.1, 0.15) is 24.4 Å². The van der Waals surface area contributed by atoms with Crippen molar-refractivity contribution in [2.24, 2.45) is 0 Å². The predicted octanol–water partition coefficient (Wildman–Crippen LogP) is 3.43. The number of hydrogen-bond acceptors (Lipinski definition) is 3. The van der Waals surface area contributed by atoms with E-state index in [1.165, 1.54) is 21.5 Å². The van der Waals surface area contributed by atoms with Crippen molar-refractivity contribution in [3.05, 3.63) is 59.7 Å². The summed E-state index contributed by atoms with van der Waals surface area (Å²) in [5, 5.41) is 27.8. The Morgan fingerprint density at radius 3 is 2.39 bits per heavy atom. The van der Waals surface area contributed by atoms with Gasteiger partial charge in [0, 0.05) is 0 Å². The highest BCUT2D eigenvalue weighted by molar-refractivity contribution is 6.23. The van der Waals surface area contributed by atoms with Crippen LogP contribution >= 0.6 is 0 Å². The van der Waals surface area contributed by atoms with E-state index in [2.05, 4.69) is 42.5 Å². The maximum absolute atomic E-state index is 10.5. The van der Waals surface area contributed by atoms with Gasteiger partial charge >= 0.3 is 0 Å². The number of aliphatic hydroxyl groups is 2. The molecular weight excluding hydrogens is 288 g/mol. The minimum absolute atomic E-state index is 0.0898. The molecule has 4 aromatic carbocycles. The Morgan fingerprint density at radius 2 is 1.57 bits per heavy atom. The van der Waals surface area contributed by atoms with Crippen LogP contribution in [0.25, 0.3) is 32.3 Å². The zero-order valence-electron chi connectivity index (χ0n) is 12.2. The van der Waals surface area contributed by atoms with E-state index < -0.39 is 12.2 Å².